The largest absolute Gasteiger partial charge is 0.179 e. The van der Waals surface area contributed by atoms with Gasteiger partial charge in [0.05, 0.1) is 0 Å². The van der Waals surface area contributed by atoms with Crippen molar-refractivity contribution in [2.24, 2.45) is 0 Å². The van der Waals surface area contributed by atoms with Gasteiger partial charge in [-0.25, -0.2) is 0 Å². The van der Waals surface area contributed by atoms with Crippen LogP contribution >= 0.6 is 60.5 Å². The van der Waals surface area contributed by atoms with E-state index in [1.165, 1.54) is 60.2 Å². The highest BCUT2D eigenvalue weighted by Crippen LogP contribution is 2.12. The van der Waals surface area contributed by atoms with Crippen LogP contribution in [0.25, 0.3) is 0 Å². The number of hydrogen-bond donors (Lipinski definition) is 2. The molecule has 0 aromatic heterocycles. The van der Waals surface area contributed by atoms with Gasteiger partial charge in [-0.1, -0.05) is 0 Å². The highest BCUT2D eigenvalue weighted by Gasteiger charge is 1.93. The second kappa shape index (κ2) is 17.8. The lowest BCUT2D eigenvalue weighted by atomic mass is 10.6. The predicted octanol–water partition coefficient (Wildman–Crippen LogP) is 4.61. The van der Waals surface area contributed by atoms with Gasteiger partial charge in [-0.2, -0.15) is 60.5 Å². The lowest BCUT2D eigenvalue weighted by Crippen LogP contribution is -1.91. The molecule has 0 saturated carbocycles. The van der Waals surface area contributed by atoms with E-state index in [0.29, 0.717) is 0 Å². The summed E-state index contributed by atoms with van der Waals surface area (Å²) in [6, 6.07) is 0. The lowest BCUT2D eigenvalue weighted by molar-refractivity contribution is 1.07. The zero-order valence-corrected chi connectivity index (χ0v) is 14.8. The molecule has 0 aromatic carbocycles. The van der Waals surface area contributed by atoms with Gasteiger partial charge in [0.25, 0.3) is 0 Å². The summed E-state index contributed by atoms with van der Waals surface area (Å²) in [5.41, 5.74) is 0. The Balaban J connectivity index is 2.85. The van der Waals surface area contributed by atoms with Gasteiger partial charge in [0, 0.05) is 0 Å². The van der Waals surface area contributed by atoms with Crippen LogP contribution in [0.3, 0.4) is 0 Å². The molecule has 0 atom stereocenters. The quantitative estimate of drug-likeness (QED) is 0.353. The molecule has 0 radical (unpaired) electrons. The van der Waals surface area contributed by atoms with Crippen molar-refractivity contribution >= 4 is 60.5 Å². The Morgan fingerprint density at radius 3 is 1.06 bits per heavy atom. The fourth-order valence-electron chi connectivity index (χ4n) is 1.17. The summed E-state index contributed by atoms with van der Waals surface area (Å²) in [5, 5.41) is 0. The molecule has 5 heteroatoms. The zero-order chi connectivity index (χ0) is 12.6. The molecule has 0 amide bonds. The van der Waals surface area contributed by atoms with Crippen molar-refractivity contribution in [1.82, 2.24) is 0 Å². The van der Waals surface area contributed by atoms with Crippen molar-refractivity contribution in [1.29, 1.82) is 0 Å². The van der Waals surface area contributed by atoms with E-state index < -0.39 is 0 Å². The second-order valence-corrected chi connectivity index (χ2v) is 8.27. The fraction of sp³-hybridized carbons (Fsp3) is 1.00. The molecule has 0 bridgehead atoms. The molecule has 0 nitrogen and oxygen atoms in total. The highest BCUT2D eigenvalue weighted by molar-refractivity contribution is 8.00. The fourth-order valence-corrected chi connectivity index (χ4v) is 4.98. The molecule has 0 unspecified atom stereocenters. The van der Waals surface area contributed by atoms with Crippen LogP contribution in [0.2, 0.25) is 0 Å². The van der Waals surface area contributed by atoms with Crippen molar-refractivity contribution < 1.29 is 0 Å². The van der Waals surface area contributed by atoms with Gasteiger partial charge in [-0.15, -0.1) is 0 Å². The molecular weight excluding hydrogens is 304 g/mol. The maximum Gasteiger partial charge on any atom is -0.00597 e. The average molecular weight is 331 g/mol. The first-order chi connectivity index (χ1) is 8.41. The van der Waals surface area contributed by atoms with Crippen LogP contribution in [0.1, 0.15) is 25.7 Å². The summed E-state index contributed by atoms with van der Waals surface area (Å²) < 4.78 is 0. The Kier molecular flexibility index (Phi) is 19.6. The molecule has 0 aliphatic carbocycles. The summed E-state index contributed by atoms with van der Waals surface area (Å²) in [6.45, 7) is 0. The Hall–Kier alpha value is 1.75. The summed E-state index contributed by atoms with van der Waals surface area (Å²) in [5.74, 6) is 9.99. The molecule has 0 aliphatic heterocycles. The van der Waals surface area contributed by atoms with Crippen LogP contribution in [0.5, 0.6) is 0 Å². The minimum Gasteiger partial charge on any atom is -0.179 e. The third kappa shape index (κ3) is 17.8. The Bertz CT molecular complexity index is 118. The lowest BCUT2D eigenvalue weighted by Gasteiger charge is -2.02. The van der Waals surface area contributed by atoms with E-state index in [1.807, 2.05) is 0 Å². The SMILES string of the molecule is SCCCSCCCSCCCSCCCS. The monoisotopic (exact) mass is 330 g/mol. The summed E-state index contributed by atoms with van der Waals surface area (Å²) >= 11 is 14.7. The van der Waals surface area contributed by atoms with Crippen LogP contribution < -0.4 is 0 Å². The minimum absolute atomic E-state index is 1.03. The first-order valence-corrected chi connectivity index (χ1v) is 11.1. The van der Waals surface area contributed by atoms with Gasteiger partial charge in [0.15, 0.2) is 0 Å². The maximum atomic E-state index is 4.21. The van der Waals surface area contributed by atoms with Crippen LogP contribution in [-0.4, -0.2) is 46.0 Å². The molecule has 0 spiro atoms. The van der Waals surface area contributed by atoms with E-state index in [0.717, 1.165) is 11.5 Å². The first kappa shape index (κ1) is 18.8. The van der Waals surface area contributed by atoms with Gasteiger partial charge < -0.3 is 0 Å². The Morgan fingerprint density at radius 1 is 0.471 bits per heavy atom. The van der Waals surface area contributed by atoms with E-state index in [9.17, 15) is 0 Å². The van der Waals surface area contributed by atoms with Gasteiger partial charge in [0.1, 0.15) is 0 Å². The maximum absolute atomic E-state index is 4.21. The average Bonchev–Trinajstić information content (AvgIpc) is 2.35. The third-order valence-electron chi connectivity index (χ3n) is 2.05. The first-order valence-electron chi connectivity index (χ1n) is 6.36. The van der Waals surface area contributed by atoms with Crippen LogP contribution in [0.4, 0.5) is 0 Å². The third-order valence-corrected chi connectivity index (χ3v) is 6.14. The molecular formula is C12H26S5. The van der Waals surface area contributed by atoms with Crippen molar-refractivity contribution in [3.63, 3.8) is 0 Å². The van der Waals surface area contributed by atoms with Gasteiger partial charge in [-0.3, -0.25) is 0 Å². The smallest absolute Gasteiger partial charge is 0.00597 e. The van der Waals surface area contributed by atoms with Crippen LogP contribution in [-0.2, 0) is 0 Å². The standard InChI is InChI=1S/C12H26S5/c13-5-1-7-15-9-3-11-17-12-4-10-16-8-2-6-14/h13-14H,1-12H2. The van der Waals surface area contributed by atoms with Crippen LogP contribution in [0, 0.1) is 0 Å². The molecule has 0 N–H and O–H groups in total. The van der Waals surface area contributed by atoms with Gasteiger partial charge in [0.2, 0.25) is 0 Å². The van der Waals surface area contributed by atoms with E-state index in [-0.39, 0.29) is 0 Å². The molecule has 104 valence electrons. The van der Waals surface area contributed by atoms with E-state index >= 15 is 0 Å². The van der Waals surface area contributed by atoms with Crippen molar-refractivity contribution in [2.75, 3.05) is 46.0 Å². The molecule has 0 saturated heterocycles. The number of hydrogen-bond acceptors (Lipinski definition) is 5. The molecule has 0 heterocycles. The number of thioether (sulfide) groups is 3. The van der Waals surface area contributed by atoms with E-state index in [1.54, 1.807) is 0 Å². The topological polar surface area (TPSA) is 0 Å². The zero-order valence-electron chi connectivity index (χ0n) is 10.6. The summed E-state index contributed by atoms with van der Waals surface area (Å²) in [6.07, 6.45) is 5.25. The molecule has 0 aromatic rings. The van der Waals surface area contributed by atoms with Crippen molar-refractivity contribution in [3.8, 4) is 0 Å². The molecule has 0 aliphatic rings. The minimum atomic E-state index is 1.03. The predicted molar refractivity (Wildman–Crippen MR) is 98.1 cm³/mol. The molecule has 0 fully saturated rings. The second-order valence-electron chi connectivity index (χ2n) is 3.70. The van der Waals surface area contributed by atoms with E-state index in [4.69, 9.17) is 0 Å². The normalized spacial score (nSPS) is 10.9. The number of thiol groups is 2. The van der Waals surface area contributed by atoms with Gasteiger partial charge >= 0.3 is 0 Å². The number of rotatable bonds is 14. The highest BCUT2D eigenvalue weighted by atomic mass is 32.2. The van der Waals surface area contributed by atoms with Gasteiger partial charge in [-0.05, 0) is 71.7 Å². The van der Waals surface area contributed by atoms with E-state index in [2.05, 4.69) is 60.5 Å². The molecule has 0 rings (SSSR count). The van der Waals surface area contributed by atoms with Crippen LogP contribution in [0.15, 0.2) is 0 Å². The Labute approximate surface area is 131 Å². The van der Waals surface area contributed by atoms with Crippen molar-refractivity contribution in [2.45, 2.75) is 25.7 Å². The molecule has 17 heavy (non-hydrogen) atoms. The van der Waals surface area contributed by atoms with Crippen molar-refractivity contribution in [3.05, 3.63) is 0 Å². The Morgan fingerprint density at radius 2 is 0.765 bits per heavy atom. The summed E-state index contributed by atoms with van der Waals surface area (Å²) in [7, 11) is 0. The summed E-state index contributed by atoms with van der Waals surface area (Å²) in [4.78, 5) is 0.